The van der Waals surface area contributed by atoms with E-state index in [1.807, 2.05) is 6.07 Å². The molecule has 0 aliphatic rings. The molecule has 0 aliphatic carbocycles. The summed E-state index contributed by atoms with van der Waals surface area (Å²) in [5.41, 5.74) is 6.68. The van der Waals surface area contributed by atoms with Gasteiger partial charge in [-0.1, -0.05) is 6.07 Å². The van der Waals surface area contributed by atoms with Crippen LogP contribution in [0.1, 0.15) is 11.1 Å². The summed E-state index contributed by atoms with van der Waals surface area (Å²) < 4.78 is 10.8. The summed E-state index contributed by atoms with van der Waals surface area (Å²) in [6.07, 6.45) is 3.32. The van der Waals surface area contributed by atoms with E-state index < -0.39 is 4.92 Å². The van der Waals surface area contributed by atoms with Gasteiger partial charge < -0.3 is 15.2 Å². The van der Waals surface area contributed by atoms with E-state index in [0.29, 0.717) is 17.1 Å². The van der Waals surface area contributed by atoms with Crippen molar-refractivity contribution in [2.24, 2.45) is 5.73 Å². The lowest BCUT2D eigenvalue weighted by molar-refractivity contribution is -0.385. The molecule has 1 aromatic heterocycles. The van der Waals surface area contributed by atoms with Crippen LogP contribution in [-0.4, -0.2) is 17.0 Å². The summed E-state index contributed by atoms with van der Waals surface area (Å²) in [6, 6.07) is 6.49. The van der Waals surface area contributed by atoms with Crippen molar-refractivity contribution in [1.82, 2.24) is 4.98 Å². The van der Waals surface area contributed by atoms with E-state index in [0.717, 1.165) is 5.56 Å². The molecule has 2 aromatic rings. The second-order valence-corrected chi connectivity index (χ2v) is 4.24. The van der Waals surface area contributed by atoms with Crippen molar-refractivity contribution in [1.29, 1.82) is 0 Å². The maximum atomic E-state index is 11.1. The molecule has 7 nitrogen and oxygen atoms in total. The van der Waals surface area contributed by atoms with Crippen LogP contribution in [0.5, 0.6) is 11.5 Å². The third-order valence-electron chi connectivity index (χ3n) is 2.90. The minimum absolute atomic E-state index is 0.0511. The second kappa shape index (κ2) is 6.67. The Morgan fingerprint density at radius 2 is 2.19 bits per heavy atom. The molecule has 0 bridgehead atoms. The van der Waals surface area contributed by atoms with Crippen LogP contribution in [0.15, 0.2) is 36.7 Å². The molecule has 21 heavy (non-hydrogen) atoms. The number of nitro benzene ring substituents is 1. The van der Waals surface area contributed by atoms with Crippen molar-refractivity contribution in [2.45, 2.75) is 13.2 Å². The van der Waals surface area contributed by atoms with Gasteiger partial charge in [-0.3, -0.25) is 15.1 Å². The summed E-state index contributed by atoms with van der Waals surface area (Å²) in [6.45, 7) is 0.291. The first-order chi connectivity index (χ1) is 10.2. The fourth-order valence-corrected chi connectivity index (χ4v) is 1.84. The van der Waals surface area contributed by atoms with Crippen LogP contribution in [0.2, 0.25) is 0 Å². The van der Waals surface area contributed by atoms with Gasteiger partial charge in [0.1, 0.15) is 6.61 Å². The van der Waals surface area contributed by atoms with E-state index in [4.69, 9.17) is 15.2 Å². The standard InChI is InChI=1S/C14H15N3O4/c1-20-13-5-11(7-15)12(17(18)19)6-14(13)21-9-10-3-2-4-16-8-10/h2-6,8H,7,9,15H2,1H3. The molecule has 0 atom stereocenters. The molecule has 0 saturated heterocycles. The molecule has 1 heterocycles. The number of aromatic nitrogens is 1. The Hall–Kier alpha value is -2.67. The first kappa shape index (κ1) is 14.7. The molecule has 2 rings (SSSR count). The first-order valence-corrected chi connectivity index (χ1v) is 6.22. The van der Waals surface area contributed by atoms with Crippen molar-refractivity contribution >= 4 is 5.69 Å². The fraction of sp³-hybridized carbons (Fsp3) is 0.214. The Labute approximate surface area is 121 Å². The number of ether oxygens (including phenoxy) is 2. The zero-order valence-corrected chi connectivity index (χ0v) is 11.5. The number of hydrogen-bond donors (Lipinski definition) is 1. The molecule has 0 unspecified atom stereocenters. The third kappa shape index (κ3) is 3.46. The van der Waals surface area contributed by atoms with Crippen molar-refractivity contribution in [2.75, 3.05) is 7.11 Å². The number of nitrogens with zero attached hydrogens (tertiary/aromatic N) is 2. The van der Waals surface area contributed by atoms with E-state index >= 15 is 0 Å². The lowest BCUT2D eigenvalue weighted by Gasteiger charge is -2.12. The molecule has 2 N–H and O–H groups in total. The van der Waals surface area contributed by atoms with Crippen molar-refractivity contribution in [3.05, 3.63) is 57.9 Å². The SMILES string of the molecule is COc1cc(CN)c([N+](=O)[O-])cc1OCc1cccnc1. The quantitative estimate of drug-likeness (QED) is 0.645. The van der Waals surface area contributed by atoms with Gasteiger partial charge in [-0.15, -0.1) is 0 Å². The normalized spacial score (nSPS) is 10.2. The molecule has 0 amide bonds. The second-order valence-electron chi connectivity index (χ2n) is 4.24. The molecule has 0 fully saturated rings. The van der Waals surface area contributed by atoms with Crippen molar-refractivity contribution in [3.63, 3.8) is 0 Å². The number of nitrogens with two attached hydrogens (primary N) is 1. The highest BCUT2D eigenvalue weighted by atomic mass is 16.6. The van der Waals surface area contributed by atoms with Crippen molar-refractivity contribution in [3.8, 4) is 11.5 Å². The molecule has 0 aliphatic heterocycles. The average molecular weight is 289 g/mol. The van der Waals surface area contributed by atoms with Gasteiger partial charge >= 0.3 is 0 Å². The molecule has 0 radical (unpaired) electrons. The third-order valence-corrected chi connectivity index (χ3v) is 2.90. The van der Waals surface area contributed by atoms with E-state index in [9.17, 15) is 10.1 Å². The number of pyridine rings is 1. The maximum Gasteiger partial charge on any atom is 0.277 e. The smallest absolute Gasteiger partial charge is 0.277 e. The minimum Gasteiger partial charge on any atom is -0.493 e. The van der Waals surface area contributed by atoms with Crippen LogP contribution in [-0.2, 0) is 13.2 Å². The zero-order valence-electron chi connectivity index (χ0n) is 11.5. The summed E-state index contributed by atoms with van der Waals surface area (Å²) in [4.78, 5) is 14.5. The Kier molecular flexibility index (Phi) is 4.68. The average Bonchev–Trinajstić information content (AvgIpc) is 2.52. The number of hydrogen-bond acceptors (Lipinski definition) is 6. The minimum atomic E-state index is -0.488. The molecule has 110 valence electrons. The Balaban J connectivity index is 2.29. The van der Waals surface area contributed by atoms with Crippen molar-refractivity contribution < 1.29 is 14.4 Å². The van der Waals surface area contributed by atoms with Gasteiger partial charge in [0.25, 0.3) is 5.69 Å². The largest absolute Gasteiger partial charge is 0.493 e. The predicted octanol–water partition coefficient (Wildman–Crippen LogP) is 2.04. The monoisotopic (exact) mass is 289 g/mol. The van der Waals surface area contributed by atoms with Crippen LogP contribution >= 0.6 is 0 Å². The van der Waals surface area contributed by atoms with Crippen LogP contribution in [0.25, 0.3) is 0 Å². The molecule has 1 aromatic carbocycles. The zero-order chi connectivity index (χ0) is 15.2. The van der Waals surface area contributed by atoms with Crippen LogP contribution in [0, 0.1) is 10.1 Å². The summed E-state index contributed by atoms with van der Waals surface area (Å²) in [5.74, 6) is 0.704. The van der Waals surface area contributed by atoms with Gasteiger partial charge in [0.05, 0.1) is 18.1 Å². The Bertz CT molecular complexity index is 632. The summed E-state index contributed by atoms with van der Waals surface area (Å²) in [5, 5.41) is 11.1. The number of methoxy groups -OCH3 is 1. The lowest BCUT2D eigenvalue weighted by atomic mass is 10.1. The lowest BCUT2D eigenvalue weighted by Crippen LogP contribution is -2.05. The van der Waals surface area contributed by atoms with Gasteiger partial charge in [0, 0.05) is 30.1 Å². The number of benzene rings is 1. The predicted molar refractivity (Wildman–Crippen MR) is 76.1 cm³/mol. The maximum absolute atomic E-state index is 11.1. The topological polar surface area (TPSA) is 101 Å². The molecular formula is C14H15N3O4. The van der Waals surface area contributed by atoms with Gasteiger partial charge in [-0.05, 0) is 12.1 Å². The summed E-state index contributed by atoms with van der Waals surface area (Å²) >= 11 is 0. The highest BCUT2D eigenvalue weighted by Crippen LogP contribution is 2.34. The number of rotatable bonds is 6. The van der Waals surface area contributed by atoms with E-state index in [2.05, 4.69) is 4.98 Å². The highest BCUT2D eigenvalue weighted by Gasteiger charge is 2.18. The van der Waals surface area contributed by atoms with Gasteiger partial charge in [-0.2, -0.15) is 0 Å². The summed E-state index contributed by atoms with van der Waals surface area (Å²) in [7, 11) is 1.47. The van der Waals surface area contributed by atoms with E-state index in [1.54, 1.807) is 18.5 Å². The Morgan fingerprint density at radius 1 is 1.38 bits per heavy atom. The van der Waals surface area contributed by atoms with Gasteiger partial charge in [0.2, 0.25) is 0 Å². The number of nitro groups is 1. The van der Waals surface area contributed by atoms with Gasteiger partial charge in [0.15, 0.2) is 11.5 Å². The molecule has 0 saturated carbocycles. The van der Waals surface area contributed by atoms with Gasteiger partial charge in [-0.25, -0.2) is 0 Å². The first-order valence-electron chi connectivity index (χ1n) is 6.22. The van der Waals surface area contributed by atoms with E-state index in [-0.39, 0.29) is 18.8 Å². The molecular weight excluding hydrogens is 274 g/mol. The highest BCUT2D eigenvalue weighted by molar-refractivity contribution is 5.54. The van der Waals surface area contributed by atoms with E-state index in [1.165, 1.54) is 19.2 Å². The molecule has 7 heteroatoms. The van der Waals surface area contributed by atoms with Crippen LogP contribution < -0.4 is 15.2 Å². The fourth-order valence-electron chi connectivity index (χ4n) is 1.84. The Morgan fingerprint density at radius 3 is 2.76 bits per heavy atom. The van der Waals surface area contributed by atoms with Crippen LogP contribution in [0.4, 0.5) is 5.69 Å². The molecule has 0 spiro atoms. The van der Waals surface area contributed by atoms with Crippen LogP contribution in [0.3, 0.4) is 0 Å².